The fraction of sp³-hybridized carbons (Fsp3) is 0.744. The second kappa shape index (κ2) is 34.1. The maximum Gasteiger partial charge on any atom is 0.472 e. The molecule has 16 heteroatoms. The zero-order valence-electron chi connectivity index (χ0n) is 33.3. The van der Waals surface area contributed by atoms with E-state index in [9.17, 15) is 33.8 Å². The molecular formula is C39H70O14P2. The van der Waals surface area contributed by atoms with Crippen molar-refractivity contribution in [1.82, 2.24) is 0 Å². The normalized spacial score (nSPS) is 15.9. The van der Waals surface area contributed by atoms with Crippen LogP contribution in [0.2, 0.25) is 0 Å². The van der Waals surface area contributed by atoms with Gasteiger partial charge in [0, 0.05) is 12.8 Å². The maximum absolute atomic E-state index is 12.6. The van der Waals surface area contributed by atoms with Crippen molar-refractivity contribution in [1.29, 1.82) is 0 Å². The number of unbranched alkanes of at least 4 members (excludes halogenated alkanes) is 9. The van der Waals surface area contributed by atoms with Gasteiger partial charge in [0.1, 0.15) is 12.7 Å². The number of esters is 2. The summed E-state index contributed by atoms with van der Waals surface area (Å²) in [6.07, 6.45) is 27.4. The molecule has 5 N–H and O–H groups in total. The van der Waals surface area contributed by atoms with Crippen molar-refractivity contribution >= 4 is 27.6 Å². The summed E-state index contributed by atoms with van der Waals surface area (Å²) in [4.78, 5) is 52.4. The van der Waals surface area contributed by atoms with Crippen LogP contribution in [-0.2, 0) is 41.8 Å². The minimum absolute atomic E-state index is 0.0591. The van der Waals surface area contributed by atoms with Crippen molar-refractivity contribution in [2.24, 2.45) is 5.92 Å². The Bertz CT molecular complexity index is 1200. The van der Waals surface area contributed by atoms with Gasteiger partial charge in [0.05, 0.1) is 25.9 Å². The molecule has 0 rings (SSSR count). The molecule has 0 aliphatic rings. The molecule has 0 heterocycles. The van der Waals surface area contributed by atoms with E-state index in [-0.39, 0.29) is 12.8 Å². The molecule has 0 saturated carbocycles. The van der Waals surface area contributed by atoms with Gasteiger partial charge in [-0.15, -0.1) is 0 Å². The van der Waals surface area contributed by atoms with Crippen LogP contribution >= 0.6 is 15.6 Å². The molecule has 55 heavy (non-hydrogen) atoms. The van der Waals surface area contributed by atoms with E-state index >= 15 is 0 Å². The summed E-state index contributed by atoms with van der Waals surface area (Å²) < 4.78 is 47.5. The predicted molar refractivity (Wildman–Crippen MR) is 213 cm³/mol. The van der Waals surface area contributed by atoms with Crippen molar-refractivity contribution in [3.8, 4) is 0 Å². The molecule has 0 aromatic heterocycles. The van der Waals surface area contributed by atoms with E-state index in [4.69, 9.17) is 23.8 Å². The van der Waals surface area contributed by atoms with Crippen LogP contribution in [0.3, 0.4) is 0 Å². The number of aliphatic hydroxyl groups is 2. The van der Waals surface area contributed by atoms with Gasteiger partial charge in [0.25, 0.3) is 0 Å². The molecule has 5 atom stereocenters. The first-order valence-electron chi connectivity index (χ1n) is 19.8. The van der Waals surface area contributed by atoms with Gasteiger partial charge in [-0.3, -0.25) is 23.2 Å². The second-order valence-corrected chi connectivity index (χ2v) is 16.3. The molecule has 0 amide bonds. The number of phosphoric ester groups is 2. The number of carbonyl (C=O) groups excluding carboxylic acids is 2. The second-order valence-electron chi connectivity index (χ2n) is 13.7. The van der Waals surface area contributed by atoms with E-state index in [0.29, 0.717) is 25.7 Å². The Kier molecular flexibility index (Phi) is 32.9. The van der Waals surface area contributed by atoms with Crippen LogP contribution in [0.4, 0.5) is 0 Å². The third-order valence-electron chi connectivity index (χ3n) is 8.33. The van der Waals surface area contributed by atoms with Gasteiger partial charge in [-0.25, -0.2) is 9.13 Å². The minimum atomic E-state index is -4.87. The van der Waals surface area contributed by atoms with Crippen LogP contribution in [0.15, 0.2) is 48.6 Å². The van der Waals surface area contributed by atoms with Gasteiger partial charge in [-0.1, -0.05) is 127 Å². The number of hydrogen-bond donors (Lipinski definition) is 5. The molecular weight excluding hydrogens is 754 g/mol. The number of rotatable bonds is 36. The van der Waals surface area contributed by atoms with E-state index in [1.807, 2.05) is 18.2 Å². The van der Waals surface area contributed by atoms with Crippen LogP contribution in [0.5, 0.6) is 0 Å². The van der Waals surface area contributed by atoms with Gasteiger partial charge < -0.3 is 34.4 Å². The van der Waals surface area contributed by atoms with Crippen molar-refractivity contribution < 1.29 is 66.7 Å². The number of ether oxygens (including phenoxy) is 2. The van der Waals surface area contributed by atoms with Gasteiger partial charge in [-0.05, 0) is 50.9 Å². The molecule has 3 unspecified atom stereocenters. The molecule has 320 valence electrons. The first kappa shape index (κ1) is 53.0. The molecule has 0 aromatic rings. The number of carbonyl (C=O) groups is 2. The quantitative estimate of drug-likeness (QED) is 0.0132. The van der Waals surface area contributed by atoms with Crippen molar-refractivity contribution in [2.45, 2.75) is 155 Å². The Morgan fingerprint density at radius 1 is 0.673 bits per heavy atom. The lowest BCUT2D eigenvalue weighted by Gasteiger charge is -2.20. The first-order chi connectivity index (χ1) is 26.2. The number of hydrogen-bond acceptors (Lipinski definition) is 11. The lowest BCUT2D eigenvalue weighted by molar-refractivity contribution is -0.161. The molecule has 0 aliphatic carbocycles. The molecule has 0 aromatic carbocycles. The smallest absolute Gasteiger partial charge is 0.462 e. The Balaban J connectivity index is 4.74. The molecule has 0 fully saturated rings. The van der Waals surface area contributed by atoms with E-state index in [2.05, 4.69) is 42.0 Å². The highest BCUT2D eigenvalue weighted by atomic mass is 31.2. The molecule has 14 nitrogen and oxygen atoms in total. The fourth-order valence-electron chi connectivity index (χ4n) is 4.87. The van der Waals surface area contributed by atoms with Crippen LogP contribution in [0.25, 0.3) is 0 Å². The monoisotopic (exact) mass is 824 g/mol. The summed E-state index contributed by atoms with van der Waals surface area (Å²) in [6.45, 7) is 3.78. The van der Waals surface area contributed by atoms with Gasteiger partial charge in [0.2, 0.25) is 0 Å². The minimum Gasteiger partial charge on any atom is -0.462 e. The zero-order valence-corrected chi connectivity index (χ0v) is 35.1. The average Bonchev–Trinajstić information content (AvgIpc) is 3.13. The van der Waals surface area contributed by atoms with Crippen molar-refractivity contribution in [3.63, 3.8) is 0 Å². The maximum atomic E-state index is 12.6. The first-order valence-corrected chi connectivity index (χ1v) is 22.9. The van der Waals surface area contributed by atoms with Crippen molar-refractivity contribution in [3.05, 3.63) is 48.6 Å². The van der Waals surface area contributed by atoms with E-state index in [1.54, 1.807) is 18.2 Å². The van der Waals surface area contributed by atoms with Crippen LogP contribution < -0.4 is 0 Å². The largest absolute Gasteiger partial charge is 0.472 e. The Morgan fingerprint density at radius 3 is 2.02 bits per heavy atom. The summed E-state index contributed by atoms with van der Waals surface area (Å²) in [6, 6.07) is 0. The average molecular weight is 825 g/mol. The SMILES string of the molecule is CCCCC/C=C\C/C=C\CC(O)/C=C\C=C\CCCC(=O)OC[C@H](COP(=O)(O)OC[C@@H](O)COP(=O)(O)O)OC(=O)CCCCCCCCC(C)CC. The molecule has 0 spiro atoms. The summed E-state index contributed by atoms with van der Waals surface area (Å²) >= 11 is 0. The third-order valence-corrected chi connectivity index (χ3v) is 9.77. The summed E-state index contributed by atoms with van der Waals surface area (Å²) in [5.74, 6) is -0.441. The van der Waals surface area contributed by atoms with Gasteiger partial charge in [0.15, 0.2) is 6.10 Å². The lowest BCUT2D eigenvalue weighted by Crippen LogP contribution is -2.30. The summed E-state index contributed by atoms with van der Waals surface area (Å²) in [5.41, 5.74) is 0. The zero-order chi connectivity index (χ0) is 41.2. The van der Waals surface area contributed by atoms with E-state index in [1.165, 1.54) is 38.5 Å². The molecule has 0 saturated heterocycles. The van der Waals surface area contributed by atoms with E-state index in [0.717, 1.165) is 44.4 Å². The standard InChI is InChI=1S/C39H70O14P2/c1-4-6-7-8-9-10-11-16-21-26-35(40)27-22-17-14-19-23-28-38(42)49-32-37(33-52-55(47,48)51-31-36(41)30-50-54(44,45)46)53-39(43)29-24-18-13-12-15-20-25-34(3)5-2/h9-10,14,16-17,21-22,27,34-37,40-41H,4-8,11-13,15,18-20,23-26,28-33H2,1-3H3,(H,47,48)(H2,44,45,46)/b10-9-,17-14+,21-16-,27-22-/t34?,35?,36-,37+/m0/s1. The number of allylic oxidation sites excluding steroid dienone is 6. The highest BCUT2D eigenvalue weighted by Gasteiger charge is 2.28. The Morgan fingerprint density at radius 2 is 1.31 bits per heavy atom. The van der Waals surface area contributed by atoms with Crippen molar-refractivity contribution in [2.75, 3.05) is 26.4 Å². The lowest BCUT2D eigenvalue weighted by atomic mass is 10.00. The molecule has 0 bridgehead atoms. The van der Waals surface area contributed by atoms with Gasteiger partial charge in [-0.2, -0.15) is 0 Å². The third kappa shape index (κ3) is 37.4. The highest BCUT2D eigenvalue weighted by molar-refractivity contribution is 7.47. The van der Waals surface area contributed by atoms with E-state index < -0.39 is 72.3 Å². The summed E-state index contributed by atoms with van der Waals surface area (Å²) in [5, 5.41) is 19.8. The number of aliphatic hydroxyl groups excluding tert-OH is 2. The number of phosphoric acid groups is 2. The van der Waals surface area contributed by atoms with Gasteiger partial charge >= 0.3 is 27.6 Å². The topological polar surface area (TPSA) is 216 Å². The van der Waals surface area contributed by atoms with Crippen LogP contribution in [0.1, 0.15) is 136 Å². The molecule has 0 aliphatic heterocycles. The predicted octanol–water partition coefficient (Wildman–Crippen LogP) is 8.33. The Labute approximate surface area is 329 Å². The van der Waals surface area contributed by atoms with Crippen LogP contribution in [-0.4, -0.2) is 81.6 Å². The molecule has 0 radical (unpaired) electrons. The highest BCUT2D eigenvalue weighted by Crippen LogP contribution is 2.43. The van der Waals surface area contributed by atoms with Crippen LogP contribution in [0, 0.1) is 5.92 Å². The fourth-order valence-corrected chi connectivity index (χ4v) is 6.02. The summed E-state index contributed by atoms with van der Waals surface area (Å²) in [7, 11) is -9.71. The Hall–Kier alpha value is -1.96.